The molecule has 2 fully saturated rings. The van der Waals surface area contributed by atoms with E-state index in [0.29, 0.717) is 6.04 Å². The van der Waals surface area contributed by atoms with Gasteiger partial charge in [0.2, 0.25) is 0 Å². The Morgan fingerprint density at radius 3 is 2.29 bits per heavy atom. The van der Waals surface area contributed by atoms with Gasteiger partial charge in [0.15, 0.2) is 0 Å². The molecule has 0 saturated carbocycles. The second-order valence-electron chi connectivity index (χ2n) is 8.38. The fourth-order valence-corrected chi connectivity index (χ4v) is 4.37. The van der Waals surface area contributed by atoms with Crippen molar-refractivity contribution in [3.05, 3.63) is 29.8 Å². The number of rotatable bonds is 6. The number of amides is 1. The Kier molecular flexibility index (Phi) is 9.60. The van der Waals surface area contributed by atoms with E-state index < -0.39 is 0 Å². The summed E-state index contributed by atoms with van der Waals surface area (Å²) in [6.45, 7) is 8.53. The van der Waals surface area contributed by atoms with Gasteiger partial charge in [-0.3, -0.25) is 4.79 Å². The van der Waals surface area contributed by atoms with E-state index in [-0.39, 0.29) is 24.4 Å². The molecule has 1 aromatic carbocycles. The first kappa shape index (κ1) is 23.0. The summed E-state index contributed by atoms with van der Waals surface area (Å²) >= 11 is 0. The predicted molar refractivity (Wildman–Crippen MR) is 118 cm³/mol. The quantitative estimate of drug-likeness (QED) is 0.651. The van der Waals surface area contributed by atoms with E-state index in [2.05, 4.69) is 9.80 Å². The molecule has 1 aromatic rings. The molecule has 5 heteroatoms. The van der Waals surface area contributed by atoms with Gasteiger partial charge < -0.3 is 14.5 Å². The SMILES string of the molecule is CC(C)Oc1ccc(C(=O)N2CCCCC2CCN2CCCCCC2)cc1.Cl. The highest BCUT2D eigenvalue weighted by Crippen LogP contribution is 2.24. The molecule has 2 heterocycles. The Morgan fingerprint density at radius 1 is 1.00 bits per heavy atom. The van der Waals surface area contributed by atoms with Gasteiger partial charge in [-0.05, 0) is 89.7 Å². The summed E-state index contributed by atoms with van der Waals surface area (Å²) in [4.78, 5) is 17.9. The molecule has 1 amide bonds. The maximum atomic E-state index is 13.1. The third-order valence-electron chi connectivity index (χ3n) is 5.84. The zero-order valence-corrected chi connectivity index (χ0v) is 18.4. The average molecular weight is 409 g/mol. The molecule has 0 aromatic heterocycles. The van der Waals surface area contributed by atoms with Gasteiger partial charge in [0.1, 0.15) is 5.75 Å². The smallest absolute Gasteiger partial charge is 0.254 e. The summed E-state index contributed by atoms with van der Waals surface area (Å²) in [6, 6.07) is 8.06. The molecular formula is C23H37ClN2O2. The van der Waals surface area contributed by atoms with Crippen LogP contribution in [0.1, 0.15) is 75.6 Å². The summed E-state index contributed by atoms with van der Waals surface area (Å²) in [7, 11) is 0. The standard InChI is InChI=1S/C23H36N2O2.ClH/c1-19(2)27-22-12-10-20(11-13-22)23(26)25-17-8-5-9-21(25)14-18-24-15-6-3-4-7-16-24;/h10-13,19,21H,3-9,14-18H2,1-2H3;1H. The van der Waals surface area contributed by atoms with Crippen LogP contribution in [0, 0.1) is 0 Å². The number of carbonyl (C=O) groups excluding carboxylic acids is 1. The Balaban J connectivity index is 0.00000280. The van der Waals surface area contributed by atoms with Crippen molar-refractivity contribution in [2.24, 2.45) is 0 Å². The van der Waals surface area contributed by atoms with Crippen molar-refractivity contribution in [3.8, 4) is 5.75 Å². The van der Waals surface area contributed by atoms with Crippen LogP contribution >= 0.6 is 12.4 Å². The van der Waals surface area contributed by atoms with E-state index in [1.54, 1.807) is 0 Å². The van der Waals surface area contributed by atoms with Crippen molar-refractivity contribution in [3.63, 3.8) is 0 Å². The highest BCUT2D eigenvalue weighted by atomic mass is 35.5. The number of nitrogens with zero attached hydrogens (tertiary/aromatic N) is 2. The average Bonchev–Trinajstić information content (AvgIpc) is 2.95. The molecule has 2 saturated heterocycles. The fraction of sp³-hybridized carbons (Fsp3) is 0.696. The van der Waals surface area contributed by atoms with Gasteiger partial charge >= 0.3 is 0 Å². The molecular weight excluding hydrogens is 372 g/mol. The van der Waals surface area contributed by atoms with E-state index in [9.17, 15) is 4.79 Å². The van der Waals surface area contributed by atoms with Crippen LogP contribution in [0.2, 0.25) is 0 Å². The Bertz CT molecular complexity index is 583. The Morgan fingerprint density at radius 2 is 1.64 bits per heavy atom. The number of hydrogen-bond donors (Lipinski definition) is 0. The minimum absolute atomic E-state index is 0. The van der Waals surface area contributed by atoms with Crippen LogP contribution in [-0.4, -0.2) is 54.0 Å². The zero-order chi connectivity index (χ0) is 19.1. The van der Waals surface area contributed by atoms with E-state index in [1.165, 1.54) is 45.2 Å². The molecule has 2 aliphatic rings. The topological polar surface area (TPSA) is 32.8 Å². The summed E-state index contributed by atoms with van der Waals surface area (Å²) in [6.07, 6.45) is 10.2. The highest BCUT2D eigenvalue weighted by molar-refractivity contribution is 5.94. The molecule has 1 atom stereocenters. The molecule has 0 bridgehead atoms. The molecule has 4 nitrogen and oxygen atoms in total. The molecule has 28 heavy (non-hydrogen) atoms. The molecule has 0 spiro atoms. The minimum Gasteiger partial charge on any atom is -0.491 e. The van der Waals surface area contributed by atoms with Gasteiger partial charge in [0.25, 0.3) is 5.91 Å². The van der Waals surface area contributed by atoms with Crippen molar-refractivity contribution in [1.29, 1.82) is 0 Å². The lowest BCUT2D eigenvalue weighted by Gasteiger charge is -2.37. The van der Waals surface area contributed by atoms with Crippen LogP contribution in [0.25, 0.3) is 0 Å². The van der Waals surface area contributed by atoms with Crippen LogP contribution in [0.4, 0.5) is 0 Å². The third-order valence-corrected chi connectivity index (χ3v) is 5.84. The van der Waals surface area contributed by atoms with E-state index in [0.717, 1.165) is 43.7 Å². The molecule has 0 aliphatic carbocycles. The van der Waals surface area contributed by atoms with Gasteiger partial charge in [-0.25, -0.2) is 0 Å². The maximum Gasteiger partial charge on any atom is 0.254 e. The number of likely N-dealkylation sites (tertiary alicyclic amines) is 2. The number of hydrogen-bond acceptors (Lipinski definition) is 3. The molecule has 0 N–H and O–H groups in total. The fourth-order valence-electron chi connectivity index (χ4n) is 4.37. The van der Waals surface area contributed by atoms with Gasteiger partial charge in [-0.15, -0.1) is 12.4 Å². The summed E-state index contributed by atoms with van der Waals surface area (Å²) in [5.74, 6) is 1.02. The lowest BCUT2D eigenvalue weighted by atomic mass is 9.97. The predicted octanol–water partition coefficient (Wildman–Crippen LogP) is 5.16. The highest BCUT2D eigenvalue weighted by Gasteiger charge is 2.27. The van der Waals surface area contributed by atoms with Crippen molar-refractivity contribution >= 4 is 18.3 Å². The van der Waals surface area contributed by atoms with Crippen LogP contribution in [0.15, 0.2) is 24.3 Å². The molecule has 2 aliphatic heterocycles. The van der Waals surface area contributed by atoms with Crippen molar-refractivity contribution in [1.82, 2.24) is 9.80 Å². The van der Waals surface area contributed by atoms with Crippen LogP contribution in [-0.2, 0) is 0 Å². The first-order valence-electron chi connectivity index (χ1n) is 10.9. The lowest BCUT2D eigenvalue weighted by Crippen LogP contribution is -2.45. The first-order valence-corrected chi connectivity index (χ1v) is 10.9. The van der Waals surface area contributed by atoms with E-state index >= 15 is 0 Å². The summed E-state index contributed by atoms with van der Waals surface area (Å²) in [5.41, 5.74) is 0.785. The minimum atomic E-state index is 0. The molecule has 1 unspecified atom stereocenters. The number of halogens is 1. The summed E-state index contributed by atoms with van der Waals surface area (Å²) < 4.78 is 5.70. The normalized spacial score (nSPS) is 21.1. The molecule has 158 valence electrons. The number of benzene rings is 1. The van der Waals surface area contributed by atoms with Gasteiger partial charge in [0.05, 0.1) is 6.10 Å². The van der Waals surface area contributed by atoms with Crippen molar-refractivity contribution in [2.75, 3.05) is 26.2 Å². The Hall–Kier alpha value is -1.26. The van der Waals surface area contributed by atoms with Crippen LogP contribution in [0.5, 0.6) is 5.75 Å². The largest absolute Gasteiger partial charge is 0.491 e. The third kappa shape index (κ3) is 6.66. The first-order chi connectivity index (χ1) is 13.1. The number of ether oxygens (including phenoxy) is 1. The second kappa shape index (κ2) is 11.7. The second-order valence-corrected chi connectivity index (χ2v) is 8.38. The maximum absolute atomic E-state index is 13.1. The molecule has 3 rings (SSSR count). The van der Waals surface area contributed by atoms with Gasteiger partial charge in [0, 0.05) is 24.7 Å². The zero-order valence-electron chi connectivity index (χ0n) is 17.6. The van der Waals surface area contributed by atoms with Crippen molar-refractivity contribution < 1.29 is 9.53 Å². The van der Waals surface area contributed by atoms with Gasteiger partial charge in [-0.2, -0.15) is 0 Å². The molecule has 0 radical (unpaired) electrons. The van der Waals surface area contributed by atoms with E-state index in [1.807, 2.05) is 38.1 Å². The van der Waals surface area contributed by atoms with E-state index in [4.69, 9.17) is 4.74 Å². The van der Waals surface area contributed by atoms with Gasteiger partial charge in [-0.1, -0.05) is 12.8 Å². The monoisotopic (exact) mass is 408 g/mol. The number of piperidine rings is 1. The van der Waals surface area contributed by atoms with Crippen molar-refractivity contribution in [2.45, 2.75) is 77.4 Å². The Labute approximate surface area is 177 Å². The van der Waals surface area contributed by atoms with Crippen LogP contribution < -0.4 is 4.74 Å². The number of carbonyl (C=O) groups is 1. The lowest BCUT2D eigenvalue weighted by molar-refractivity contribution is 0.0584. The summed E-state index contributed by atoms with van der Waals surface area (Å²) in [5, 5.41) is 0. The van der Waals surface area contributed by atoms with Crippen LogP contribution in [0.3, 0.4) is 0 Å².